The monoisotopic (exact) mass is 429 g/mol. The molecule has 2 fully saturated rings. The van der Waals surface area contributed by atoms with Gasteiger partial charge in [-0.25, -0.2) is 4.39 Å². The summed E-state index contributed by atoms with van der Waals surface area (Å²) < 4.78 is 14.8. The summed E-state index contributed by atoms with van der Waals surface area (Å²) in [5.41, 5.74) is 1.55. The maximum Gasteiger partial charge on any atom is 0.257 e. The third-order valence-electron chi connectivity index (χ3n) is 6.02. The molecule has 5 nitrogen and oxygen atoms in total. The Labute approximate surface area is 180 Å². The lowest BCUT2D eigenvalue weighted by Crippen LogP contribution is -2.46. The zero-order valence-corrected chi connectivity index (χ0v) is 17.5. The van der Waals surface area contributed by atoms with Crippen molar-refractivity contribution in [3.8, 4) is 0 Å². The Bertz CT molecular complexity index is 992. The van der Waals surface area contributed by atoms with E-state index >= 15 is 0 Å². The number of piperidine rings is 1. The van der Waals surface area contributed by atoms with Crippen LogP contribution in [0.5, 0.6) is 0 Å². The molecule has 30 heavy (non-hydrogen) atoms. The molecular weight excluding hydrogens is 405 g/mol. The Balaban J connectivity index is 1.63. The van der Waals surface area contributed by atoms with Crippen molar-refractivity contribution >= 4 is 29.0 Å². The van der Waals surface area contributed by atoms with Gasteiger partial charge >= 0.3 is 0 Å². The molecule has 2 unspecified atom stereocenters. The van der Waals surface area contributed by atoms with Gasteiger partial charge in [-0.15, -0.1) is 0 Å². The number of aliphatic hydroxyl groups is 1. The highest BCUT2D eigenvalue weighted by Crippen LogP contribution is 2.43. The predicted molar refractivity (Wildman–Crippen MR) is 116 cm³/mol. The Morgan fingerprint density at radius 3 is 2.63 bits per heavy atom. The first-order valence-electron chi connectivity index (χ1n) is 10.3. The van der Waals surface area contributed by atoms with Gasteiger partial charge in [0.05, 0.1) is 27.9 Å². The molecule has 2 aromatic rings. The third kappa shape index (κ3) is 4.07. The van der Waals surface area contributed by atoms with E-state index in [9.17, 15) is 14.3 Å². The van der Waals surface area contributed by atoms with Crippen LogP contribution in [0.3, 0.4) is 0 Å². The minimum atomic E-state index is -0.590. The van der Waals surface area contributed by atoms with Gasteiger partial charge in [-0.3, -0.25) is 10.2 Å². The number of aliphatic hydroxyl groups excluding tert-OH is 1. The molecule has 3 N–H and O–H groups in total. The normalized spacial score (nSPS) is 21.4. The number of amidine groups is 1. The van der Waals surface area contributed by atoms with Crippen molar-refractivity contribution in [2.24, 2.45) is 5.92 Å². The fourth-order valence-electron chi connectivity index (χ4n) is 3.98. The number of rotatable bonds is 4. The van der Waals surface area contributed by atoms with Crippen molar-refractivity contribution in [2.45, 2.75) is 38.2 Å². The molecule has 1 aliphatic carbocycles. The number of amides is 1. The summed E-state index contributed by atoms with van der Waals surface area (Å²) in [6.07, 6.45) is 2.18. The van der Waals surface area contributed by atoms with Crippen LogP contribution in [0.4, 0.5) is 10.1 Å². The molecule has 1 amide bonds. The molecule has 1 aliphatic heterocycles. The lowest BCUT2D eigenvalue weighted by Gasteiger charge is -2.36. The molecule has 0 bridgehead atoms. The van der Waals surface area contributed by atoms with Crippen molar-refractivity contribution in [3.63, 3.8) is 0 Å². The molecule has 1 saturated carbocycles. The van der Waals surface area contributed by atoms with E-state index in [1.807, 2.05) is 19.1 Å². The van der Waals surface area contributed by atoms with Crippen molar-refractivity contribution in [1.29, 1.82) is 5.41 Å². The molecule has 2 aromatic carbocycles. The zero-order chi connectivity index (χ0) is 21.4. The minimum Gasteiger partial charge on any atom is -0.391 e. The molecule has 1 heterocycles. The van der Waals surface area contributed by atoms with E-state index < -0.39 is 17.8 Å². The Morgan fingerprint density at radius 2 is 1.93 bits per heavy atom. The second-order valence-corrected chi connectivity index (χ2v) is 8.63. The summed E-state index contributed by atoms with van der Waals surface area (Å²) in [5.74, 6) is -0.584. The molecule has 2 aliphatic rings. The van der Waals surface area contributed by atoms with Crippen LogP contribution in [0, 0.1) is 17.1 Å². The van der Waals surface area contributed by atoms with Crippen molar-refractivity contribution in [3.05, 3.63) is 63.9 Å². The van der Waals surface area contributed by atoms with E-state index in [0.29, 0.717) is 29.5 Å². The number of nitrogens with zero attached hydrogens (tertiary/aromatic N) is 1. The van der Waals surface area contributed by atoms with Crippen molar-refractivity contribution in [2.75, 3.05) is 18.4 Å². The minimum absolute atomic E-state index is 0.0210. The van der Waals surface area contributed by atoms with Gasteiger partial charge in [0, 0.05) is 13.1 Å². The maximum absolute atomic E-state index is 14.8. The molecule has 1 saturated heterocycles. The van der Waals surface area contributed by atoms with Crippen LogP contribution in [0.15, 0.2) is 36.4 Å². The lowest BCUT2D eigenvalue weighted by molar-refractivity contribution is 0.0560. The number of β-amino-alcohol motifs (C(OH)–C–C–N with tert-alkyl or cyclic N) is 1. The Hall–Kier alpha value is -2.44. The predicted octanol–water partition coefficient (Wildman–Crippen LogP) is 4.64. The van der Waals surface area contributed by atoms with Crippen LogP contribution in [0.25, 0.3) is 0 Å². The summed E-state index contributed by atoms with van der Waals surface area (Å²) in [7, 11) is 0. The molecule has 0 radical (unpaired) electrons. The van der Waals surface area contributed by atoms with Gasteiger partial charge in [0.25, 0.3) is 5.91 Å². The number of likely N-dealkylation sites (tertiary alicyclic amines) is 1. The number of carbonyl (C=O) groups excluding carboxylic acids is 1. The highest BCUT2D eigenvalue weighted by atomic mass is 35.5. The number of hydrogen-bond donors (Lipinski definition) is 3. The summed E-state index contributed by atoms with van der Waals surface area (Å²) >= 11 is 6.33. The van der Waals surface area contributed by atoms with Gasteiger partial charge in [0.2, 0.25) is 0 Å². The van der Waals surface area contributed by atoms with Crippen LogP contribution in [-0.4, -0.2) is 40.9 Å². The maximum atomic E-state index is 14.8. The van der Waals surface area contributed by atoms with Gasteiger partial charge in [0.15, 0.2) is 0 Å². The van der Waals surface area contributed by atoms with Gasteiger partial charge in [-0.2, -0.15) is 0 Å². The largest absolute Gasteiger partial charge is 0.391 e. The summed E-state index contributed by atoms with van der Waals surface area (Å²) in [4.78, 5) is 14.8. The fraction of sp³-hybridized carbons (Fsp3) is 0.391. The van der Waals surface area contributed by atoms with Crippen LogP contribution in [-0.2, 0) is 0 Å². The van der Waals surface area contributed by atoms with Gasteiger partial charge in [-0.05, 0) is 54.9 Å². The highest BCUT2D eigenvalue weighted by Gasteiger charge is 2.31. The average Bonchev–Trinajstić information content (AvgIpc) is 3.55. The van der Waals surface area contributed by atoms with Crippen molar-refractivity contribution < 1.29 is 14.3 Å². The molecule has 7 heteroatoms. The molecule has 158 valence electrons. The van der Waals surface area contributed by atoms with Crippen LogP contribution < -0.4 is 5.32 Å². The van der Waals surface area contributed by atoms with Crippen molar-refractivity contribution in [1.82, 2.24) is 4.90 Å². The van der Waals surface area contributed by atoms with Crippen LogP contribution in [0.1, 0.15) is 53.6 Å². The van der Waals surface area contributed by atoms with E-state index in [0.717, 1.165) is 18.4 Å². The second-order valence-electron chi connectivity index (χ2n) is 8.22. The third-order valence-corrected chi connectivity index (χ3v) is 6.34. The molecule has 4 rings (SSSR count). The first kappa shape index (κ1) is 20.8. The van der Waals surface area contributed by atoms with E-state index in [1.165, 1.54) is 12.1 Å². The summed E-state index contributed by atoms with van der Waals surface area (Å²) in [5, 5.41) is 21.9. The second kappa shape index (κ2) is 8.36. The number of anilines is 1. The number of carbonyl (C=O) groups is 1. The van der Waals surface area contributed by atoms with E-state index in [-0.39, 0.29) is 29.5 Å². The number of nitrogens with one attached hydrogen (secondary N) is 2. The number of hydrogen-bond acceptors (Lipinski definition) is 3. The zero-order valence-electron chi connectivity index (χ0n) is 16.8. The topological polar surface area (TPSA) is 76.4 Å². The van der Waals surface area contributed by atoms with Gasteiger partial charge in [0.1, 0.15) is 11.7 Å². The van der Waals surface area contributed by atoms with E-state index in [2.05, 4.69) is 5.32 Å². The summed E-state index contributed by atoms with van der Waals surface area (Å²) in [6.45, 7) is 2.77. The van der Waals surface area contributed by atoms with Gasteiger partial charge in [-0.1, -0.05) is 36.7 Å². The summed E-state index contributed by atoms with van der Waals surface area (Å²) in [6, 6.07) is 9.77. The molecule has 2 atom stereocenters. The lowest BCUT2D eigenvalue weighted by atomic mass is 9.95. The smallest absolute Gasteiger partial charge is 0.257 e. The number of benzene rings is 2. The van der Waals surface area contributed by atoms with E-state index in [4.69, 9.17) is 17.0 Å². The molecule has 0 aromatic heterocycles. The SMILES string of the molecule is CC1CCN(C(=N)c2c(F)cccc2NC(=O)c2c(Cl)cccc2C2CC2)CC1O. The Morgan fingerprint density at radius 1 is 1.20 bits per heavy atom. The number of halogens is 2. The molecule has 0 spiro atoms. The highest BCUT2D eigenvalue weighted by molar-refractivity contribution is 6.34. The molecular formula is C23H25ClFN3O2. The standard InChI is InChI=1S/C23H25ClFN3O2/c1-13-10-11-28(12-19(13)29)22(26)21-17(25)6-3-7-18(21)27-23(30)20-15(14-8-9-14)4-2-5-16(20)24/h2-7,13-14,19,26,29H,8-12H2,1H3,(H,27,30). The fourth-order valence-corrected chi connectivity index (χ4v) is 4.25. The first-order valence-corrected chi connectivity index (χ1v) is 10.6. The van der Waals surface area contributed by atoms with Gasteiger partial charge < -0.3 is 15.3 Å². The average molecular weight is 430 g/mol. The Kier molecular flexibility index (Phi) is 5.80. The van der Waals surface area contributed by atoms with E-state index in [1.54, 1.807) is 17.0 Å². The van der Waals surface area contributed by atoms with Crippen LogP contribution >= 0.6 is 11.6 Å². The first-order chi connectivity index (χ1) is 14.4. The quantitative estimate of drug-likeness (QED) is 0.489. The van der Waals surface area contributed by atoms with Crippen LogP contribution in [0.2, 0.25) is 5.02 Å².